The molecule has 7 nitrogen and oxygen atoms in total. The van der Waals surface area contributed by atoms with Gasteiger partial charge in [0.15, 0.2) is 0 Å². The van der Waals surface area contributed by atoms with Crippen LogP contribution in [0.4, 0.5) is 0 Å². The molecule has 138 valence electrons. The summed E-state index contributed by atoms with van der Waals surface area (Å²) in [5.41, 5.74) is -0.0743. The number of carbonyl (C=O) groups excluding carboxylic acids is 1. The van der Waals surface area contributed by atoms with Crippen molar-refractivity contribution in [3.05, 3.63) is 32.6 Å². The number of hydrogen-bond acceptors (Lipinski definition) is 4. The van der Waals surface area contributed by atoms with E-state index in [9.17, 15) is 14.4 Å². The molecule has 2 atom stereocenters. The average molecular weight is 348 g/mol. The van der Waals surface area contributed by atoms with E-state index in [1.807, 2.05) is 4.90 Å². The molecule has 3 rings (SSSR count). The Morgan fingerprint density at radius 2 is 1.88 bits per heavy atom. The van der Waals surface area contributed by atoms with Gasteiger partial charge in [-0.05, 0) is 31.2 Å². The minimum Gasteiger partial charge on any atom is -0.341 e. The Morgan fingerprint density at radius 1 is 1.12 bits per heavy atom. The van der Waals surface area contributed by atoms with E-state index in [2.05, 4.69) is 35.6 Å². The van der Waals surface area contributed by atoms with Crippen molar-refractivity contribution in [2.45, 2.75) is 52.0 Å². The van der Waals surface area contributed by atoms with E-state index < -0.39 is 5.69 Å². The monoisotopic (exact) mass is 348 g/mol. The summed E-state index contributed by atoms with van der Waals surface area (Å²) in [4.78, 5) is 45.1. The number of hydrogen-bond donors (Lipinski definition) is 2. The number of rotatable bonds is 3. The fourth-order valence-electron chi connectivity index (χ4n) is 4.02. The van der Waals surface area contributed by atoms with Crippen molar-refractivity contribution in [3.8, 4) is 0 Å². The molecule has 2 N–H and O–H groups in total. The Balaban J connectivity index is 1.69. The van der Waals surface area contributed by atoms with E-state index in [1.165, 1.54) is 6.07 Å². The first kappa shape index (κ1) is 17.9. The summed E-state index contributed by atoms with van der Waals surface area (Å²) in [5.74, 6) is 0.321. The fraction of sp³-hybridized carbons (Fsp3) is 0.722. The van der Waals surface area contributed by atoms with Crippen LogP contribution in [0.25, 0.3) is 0 Å². The second-order valence-electron chi connectivity index (χ2n) is 8.50. The lowest BCUT2D eigenvalue weighted by Crippen LogP contribution is -2.53. The van der Waals surface area contributed by atoms with Crippen LogP contribution in [0.2, 0.25) is 0 Å². The summed E-state index contributed by atoms with van der Waals surface area (Å²) in [5, 5.41) is 0. The van der Waals surface area contributed by atoms with Gasteiger partial charge in [-0.2, -0.15) is 0 Å². The molecule has 0 aliphatic carbocycles. The molecule has 0 bridgehead atoms. The smallest absolute Gasteiger partial charge is 0.325 e. The van der Waals surface area contributed by atoms with E-state index in [4.69, 9.17) is 0 Å². The number of carbonyl (C=O) groups is 1. The molecule has 0 saturated carbocycles. The van der Waals surface area contributed by atoms with Crippen LogP contribution in [0, 0.1) is 5.41 Å². The maximum absolute atomic E-state index is 12.9. The molecule has 25 heavy (non-hydrogen) atoms. The molecule has 1 aromatic rings. The van der Waals surface area contributed by atoms with Crippen molar-refractivity contribution in [3.63, 3.8) is 0 Å². The lowest BCUT2D eigenvalue weighted by molar-refractivity contribution is -0.141. The molecule has 7 heteroatoms. The highest BCUT2D eigenvalue weighted by Crippen LogP contribution is 2.30. The third kappa shape index (κ3) is 4.21. The largest absolute Gasteiger partial charge is 0.341 e. The molecule has 1 amide bonds. The number of nitrogens with one attached hydrogen (secondary N) is 2. The second kappa shape index (κ2) is 6.78. The summed E-state index contributed by atoms with van der Waals surface area (Å²) in [7, 11) is 0. The number of amides is 1. The maximum Gasteiger partial charge on any atom is 0.325 e. The van der Waals surface area contributed by atoms with E-state index in [-0.39, 0.29) is 28.8 Å². The third-order valence-electron chi connectivity index (χ3n) is 5.05. The van der Waals surface area contributed by atoms with Gasteiger partial charge in [-0.3, -0.25) is 19.5 Å². The van der Waals surface area contributed by atoms with Crippen molar-refractivity contribution in [1.82, 2.24) is 19.8 Å². The number of aromatic amines is 2. The van der Waals surface area contributed by atoms with Gasteiger partial charge in [-0.25, -0.2) is 4.79 Å². The third-order valence-corrected chi connectivity index (χ3v) is 5.05. The van der Waals surface area contributed by atoms with Gasteiger partial charge in [0.2, 0.25) is 5.91 Å². The highest BCUT2D eigenvalue weighted by Gasteiger charge is 2.38. The van der Waals surface area contributed by atoms with Gasteiger partial charge in [-0.15, -0.1) is 0 Å². The van der Waals surface area contributed by atoms with Gasteiger partial charge >= 0.3 is 5.69 Å². The van der Waals surface area contributed by atoms with E-state index in [0.29, 0.717) is 12.2 Å². The zero-order chi connectivity index (χ0) is 18.2. The SMILES string of the molecule is CC(C)(C)CN1CCC[C@H](N2CC[C@@H](c3cc(=O)[nH]c(=O)[nH]3)C2)C1=O. The molecule has 0 aromatic carbocycles. The molecule has 0 unspecified atom stereocenters. The molecule has 1 aromatic heterocycles. The molecule has 2 aliphatic heterocycles. The topological polar surface area (TPSA) is 89.3 Å². The van der Waals surface area contributed by atoms with E-state index in [1.54, 1.807) is 0 Å². The van der Waals surface area contributed by atoms with Crippen molar-refractivity contribution < 1.29 is 4.79 Å². The van der Waals surface area contributed by atoms with Crippen LogP contribution in [0.5, 0.6) is 0 Å². The molecule has 0 spiro atoms. The van der Waals surface area contributed by atoms with Crippen LogP contribution in [0.1, 0.15) is 51.6 Å². The normalized spacial score (nSPS) is 25.6. The number of nitrogens with zero attached hydrogens (tertiary/aromatic N) is 2. The van der Waals surface area contributed by atoms with Crippen LogP contribution in [0.3, 0.4) is 0 Å². The first-order valence-electron chi connectivity index (χ1n) is 9.09. The van der Waals surface area contributed by atoms with Crippen molar-refractivity contribution >= 4 is 5.91 Å². The summed E-state index contributed by atoms with van der Waals surface area (Å²) in [6.07, 6.45) is 2.76. The van der Waals surface area contributed by atoms with Gasteiger partial charge in [0, 0.05) is 37.3 Å². The molecule has 0 radical (unpaired) electrons. The molecular formula is C18H28N4O3. The van der Waals surface area contributed by atoms with Crippen LogP contribution in [-0.4, -0.2) is 57.9 Å². The maximum atomic E-state index is 12.9. The van der Waals surface area contributed by atoms with Crippen LogP contribution < -0.4 is 11.2 Å². The number of H-pyrrole nitrogens is 2. The van der Waals surface area contributed by atoms with Gasteiger partial charge in [0.25, 0.3) is 5.56 Å². The molecule has 3 heterocycles. The fourth-order valence-corrected chi connectivity index (χ4v) is 4.02. The minimum atomic E-state index is -0.467. The van der Waals surface area contributed by atoms with Crippen LogP contribution in [0.15, 0.2) is 15.7 Å². The zero-order valence-electron chi connectivity index (χ0n) is 15.3. The second-order valence-corrected chi connectivity index (χ2v) is 8.50. The first-order chi connectivity index (χ1) is 11.7. The molecular weight excluding hydrogens is 320 g/mol. The average Bonchev–Trinajstić information content (AvgIpc) is 2.97. The van der Waals surface area contributed by atoms with Gasteiger partial charge in [-0.1, -0.05) is 20.8 Å². The Labute approximate surface area is 147 Å². The Bertz CT molecular complexity index is 717. The first-order valence-corrected chi connectivity index (χ1v) is 9.09. The van der Waals surface area contributed by atoms with Crippen LogP contribution in [-0.2, 0) is 4.79 Å². The lowest BCUT2D eigenvalue weighted by Gasteiger charge is -2.39. The summed E-state index contributed by atoms with van der Waals surface area (Å²) in [6, 6.07) is 1.39. The van der Waals surface area contributed by atoms with Gasteiger partial charge < -0.3 is 9.88 Å². The zero-order valence-corrected chi connectivity index (χ0v) is 15.3. The quantitative estimate of drug-likeness (QED) is 0.849. The summed E-state index contributed by atoms with van der Waals surface area (Å²) in [6.45, 7) is 9.60. The predicted molar refractivity (Wildman–Crippen MR) is 95.7 cm³/mol. The molecule has 2 saturated heterocycles. The van der Waals surface area contributed by atoms with Gasteiger partial charge in [0.1, 0.15) is 0 Å². The van der Waals surface area contributed by atoms with Crippen molar-refractivity contribution in [1.29, 1.82) is 0 Å². The minimum absolute atomic E-state index is 0.0742. The number of piperidine rings is 1. The summed E-state index contributed by atoms with van der Waals surface area (Å²) >= 11 is 0. The highest BCUT2D eigenvalue weighted by molar-refractivity contribution is 5.82. The standard InChI is InChI=1S/C18H28N4O3/c1-18(2,3)11-22-7-4-5-14(16(22)24)21-8-6-12(10-21)13-9-15(23)20-17(25)19-13/h9,12,14H,4-8,10-11H2,1-3H3,(H2,19,20,23,25)/t12-,14+/m1/s1. The van der Waals surface area contributed by atoms with Crippen LogP contribution >= 0.6 is 0 Å². The van der Waals surface area contributed by atoms with E-state index >= 15 is 0 Å². The Morgan fingerprint density at radius 3 is 2.56 bits per heavy atom. The number of likely N-dealkylation sites (tertiary alicyclic amines) is 2. The molecule has 2 aliphatic rings. The van der Waals surface area contributed by atoms with E-state index in [0.717, 1.165) is 38.9 Å². The Hall–Kier alpha value is -1.89. The highest BCUT2D eigenvalue weighted by atomic mass is 16.2. The van der Waals surface area contributed by atoms with Crippen molar-refractivity contribution in [2.24, 2.45) is 5.41 Å². The lowest BCUT2D eigenvalue weighted by atomic mass is 9.93. The van der Waals surface area contributed by atoms with Crippen molar-refractivity contribution in [2.75, 3.05) is 26.2 Å². The molecule has 2 fully saturated rings. The van der Waals surface area contributed by atoms with Gasteiger partial charge in [0.05, 0.1) is 6.04 Å². The number of aromatic nitrogens is 2. The Kier molecular flexibility index (Phi) is 4.86. The predicted octanol–water partition coefficient (Wildman–Crippen LogP) is 0.890. The summed E-state index contributed by atoms with van der Waals surface area (Å²) < 4.78 is 0.